The Bertz CT molecular complexity index is 862. The minimum Gasteiger partial charge on any atom is -0.338 e. The van der Waals surface area contributed by atoms with Crippen molar-refractivity contribution in [1.29, 1.82) is 0 Å². The number of likely N-dealkylation sites (tertiary alicyclic amines) is 1. The fraction of sp³-hybridized carbons (Fsp3) is 0.550. The van der Waals surface area contributed by atoms with Crippen molar-refractivity contribution in [2.45, 2.75) is 52.0 Å². The van der Waals surface area contributed by atoms with Crippen molar-refractivity contribution in [3.05, 3.63) is 49.6 Å². The van der Waals surface area contributed by atoms with Gasteiger partial charge < -0.3 is 4.90 Å². The number of piperidine rings is 1. The Morgan fingerprint density at radius 2 is 2.04 bits per heavy atom. The average Bonchev–Trinajstić information content (AvgIpc) is 3.08. The van der Waals surface area contributed by atoms with Gasteiger partial charge in [-0.05, 0) is 73.9 Å². The highest BCUT2D eigenvalue weighted by Crippen LogP contribution is 2.24. The Kier molecular flexibility index (Phi) is 4.94. The maximum absolute atomic E-state index is 12.6. The van der Waals surface area contributed by atoms with Gasteiger partial charge in [-0.3, -0.25) is 9.59 Å². The second-order valence-corrected chi connectivity index (χ2v) is 8.43. The molecule has 3 heterocycles. The Balaban J connectivity index is 1.39. The fourth-order valence-corrected chi connectivity index (χ4v) is 4.92. The first-order valence-electron chi connectivity index (χ1n) is 9.55. The van der Waals surface area contributed by atoms with Crippen LogP contribution in [0.3, 0.4) is 0 Å². The summed E-state index contributed by atoms with van der Waals surface area (Å²) in [5.74, 6) is 0.565. The van der Waals surface area contributed by atoms with Crippen LogP contribution in [0.2, 0.25) is 0 Å². The van der Waals surface area contributed by atoms with Crippen LogP contribution in [0.15, 0.2) is 22.3 Å². The standard InChI is InChI=1S/C20H25N3O2S/c1-14-8-11-26-19(14)20(25)22-9-6-15(7-10-22)13-23-18(24)12-16-4-2-3-5-17(16)21-23/h8,11-12,15H,2-7,9-10,13H2,1H3. The van der Waals surface area contributed by atoms with E-state index in [-0.39, 0.29) is 11.5 Å². The first-order chi connectivity index (χ1) is 12.6. The fourth-order valence-electron chi connectivity index (χ4n) is 4.03. The van der Waals surface area contributed by atoms with Crippen LogP contribution in [0, 0.1) is 12.8 Å². The lowest BCUT2D eigenvalue weighted by atomic mass is 9.95. The van der Waals surface area contributed by atoms with Gasteiger partial charge in [0, 0.05) is 25.7 Å². The number of amides is 1. The molecule has 1 amide bonds. The number of aromatic nitrogens is 2. The van der Waals surface area contributed by atoms with Crippen LogP contribution in [-0.2, 0) is 19.4 Å². The van der Waals surface area contributed by atoms with E-state index in [1.54, 1.807) is 10.7 Å². The third-order valence-electron chi connectivity index (χ3n) is 5.66. The van der Waals surface area contributed by atoms with Crippen molar-refractivity contribution < 1.29 is 4.79 Å². The molecule has 1 saturated heterocycles. The third-order valence-corrected chi connectivity index (χ3v) is 6.67. The minimum atomic E-state index is 0.0263. The summed E-state index contributed by atoms with van der Waals surface area (Å²) in [4.78, 5) is 27.8. The first kappa shape index (κ1) is 17.5. The van der Waals surface area contributed by atoms with Gasteiger partial charge in [0.15, 0.2) is 0 Å². The third kappa shape index (κ3) is 3.47. The highest BCUT2D eigenvalue weighted by Gasteiger charge is 2.26. The number of rotatable bonds is 3. The Hall–Kier alpha value is -1.95. The highest BCUT2D eigenvalue weighted by molar-refractivity contribution is 7.12. The van der Waals surface area contributed by atoms with Gasteiger partial charge in [0.05, 0.1) is 10.6 Å². The predicted octanol–water partition coefficient (Wildman–Crippen LogP) is 3.04. The molecule has 0 saturated carbocycles. The van der Waals surface area contributed by atoms with E-state index < -0.39 is 0 Å². The summed E-state index contributed by atoms with van der Waals surface area (Å²) in [5, 5.41) is 6.61. The summed E-state index contributed by atoms with van der Waals surface area (Å²) in [6, 6.07) is 3.79. The molecule has 0 N–H and O–H groups in total. The van der Waals surface area contributed by atoms with Crippen LogP contribution in [0.4, 0.5) is 0 Å². The lowest BCUT2D eigenvalue weighted by Gasteiger charge is -2.32. The van der Waals surface area contributed by atoms with Crippen molar-refractivity contribution in [1.82, 2.24) is 14.7 Å². The smallest absolute Gasteiger partial charge is 0.267 e. The summed E-state index contributed by atoms with van der Waals surface area (Å²) in [6.45, 7) is 4.19. The van der Waals surface area contributed by atoms with Crippen LogP contribution in [-0.4, -0.2) is 33.7 Å². The quantitative estimate of drug-likeness (QED) is 0.833. The maximum atomic E-state index is 12.6. The van der Waals surface area contributed by atoms with E-state index in [4.69, 9.17) is 0 Å². The van der Waals surface area contributed by atoms with Crippen LogP contribution in [0.1, 0.15) is 52.2 Å². The van der Waals surface area contributed by atoms with Crippen LogP contribution >= 0.6 is 11.3 Å². The van der Waals surface area contributed by atoms with Crippen LogP contribution < -0.4 is 5.56 Å². The van der Waals surface area contributed by atoms with Gasteiger partial charge in [-0.2, -0.15) is 5.10 Å². The normalized spacial score (nSPS) is 18.0. The zero-order valence-corrected chi connectivity index (χ0v) is 16.1. The molecule has 0 spiro atoms. The van der Waals surface area contributed by atoms with Crippen molar-refractivity contribution in [2.75, 3.05) is 13.1 Å². The number of nitrogens with zero attached hydrogens (tertiary/aromatic N) is 3. The van der Waals surface area contributed by atoms with E-state index in [0.717, 1.165) is 66.9 Å². The topological polar surface area (TPSA) is 55.2 Å². The molecule has 0 unspecified atom stereocenters. The highest BCUT2D eigenvalue weighted by atomic mass is 32.1. The molecule has 138 valence electrons. The number of hydrogen-bond donors (Lipinski definition) is 0. The molecule has 2 aliphatic rings. The van der Waals surface area contributed by atoms with Gasteiger partial charge in [-0.25, -0.2) is 4.68 Å². The molecule has 0 radical (unpaired) electrons. The lowest BCUT2D eigenvalue weighted by molar-refractivity contribution is 0.0684. The number of carbonyl (C=O) groups excluding carboxylic acids is 1. The zero-order chi connectivity index (χ0) is 18.1. The number of thiophene rings is 1. The van der Waals surface area contributed by atoms with Gasteiger partial charge in [-0.1, -0.05) is 0 Å². The van der Waals surface area contributed by atoms with E-state index in [2.05, 4.69) is 5.10 Å². The summed E-state index contributed by atoms with van der Waals surface area (Å²) in [6.07, 6.45) is 6.17. The molecule has 4 rings (SSSR count). The van der Waals surface area contributed by atoms with E-state index in [0.29, 0.717) is 12.5 Å². The van der Waals surface area contributed by atoms with Gasteiger partial charge in [0.1, 0.15) is 0 Å². The molecular weight excluding hydrogens is 346 g/mol. The second kappa shape index (κ2) is 7.35. The first-order valence-corrected chi connectivity index (χ1v) is 10.4. The number of fused-ring (bicyclic) bond motifs is 1. The summed E-state index contributed by atoms with van der Waals surface area (Å²) < 4.78 is 1.66. The van der Waals surface area contributed by atoms with E-state index in [9.17, 15) is 9.59 Å². The predicted molar refractivity (Wildman–Crippen MR) is 103 cm³/mol. The van der Waals surface area contributed by atoms with Crippen LogP contribution in [0.5, 0.6) is 0 Å². The molecule has 1 aliphatic heterocycles. The largest absolute Gasteiger partial charge is 0.338 e. The van der Waals surface area contributed by atoms with E-state index >= 15 is 0 Å². The molecule has 1 aliphatic carbocycles. The van der Waals surface area contributed by atoms with Crippen molar-refractivity contribution >= 4 is 17.2 Å². The summed E-state index contributed by atoms with van der Waals surface area (Å²) >= 11 is 1.52. The number of aryl methyl sites for hydroxylation is 3. The Labute approximate surface area is 157 Å². The van der Waals surface area contributed by atoms with Crippen molar-refractivity contribution in [3.63, 3.8) is 0 Å². The van der Waals surface area contributed by atoms with Crippen molar-refractivity contribution in [2.24, 2.45) is 5.92 Å². The SMILES string of the molecule is Cc1ccsc1C(=O)N1CCC(Cn2nc3c(cc2=O)CCCC3)CC1. The zero-order valence-electron chi connectivity index (χ0n) is 15.2. The maximum Gasteiger partial charge on any atom is 0.267 e. The molecule has 6 heteroatoms. The number of hydrogen-bond acceptors (Lipinski definition) is 4. The summed E-state index contributed by atoms with van der Waals surface area (Å²) in [5.41, 5.74) is 3.34. The molecule has 5 nitrogen and oxygen atoms in total. The monoisotopic (exact) mass is 371 g/mol. The van der Waals surface area contributed by atoms with Gasteiger partial charge in [0.25, 0.3) is 11.5 Å². The van der Waals surface area contributed by atoms with E-state index in [1.165, 1.54) is 17.8 Å². The lowest BCUT2D eigenvalue weighted by Crippen LogP contribution is -2.40. The molecule has 0 bridgehead atoms. The Morgan fingerprint density at radius 3 is 2.77 bits per heavy atom. The van der Waals surface area contributed by atoms with Gasteiger partial charge in [0.2, 0.25) is 0 Å². The molecule has 0 atom stereocenters. The van der Waals surface area contributed by atoms with Gasteiger partial charge in [-0.15, -0.1) is 11.3 Å². The molecule has 1 fully saturated rings. The van der Waals surface area contributed by atoms with Crippen molar-refractivity contribution in [3.8, 4) is 0 Å². The molecular formula is C20H25N3O2S. The van der Waals surface area contributed by atoms with Crippen LogP contribution in [0.25, 0.3) is 0 Å². The van der Waals surface area contributed by atoms with Gasteiger partial charge >= 0.3 is 0 Å². The average molecular weight is 372 g/mol. The minimum absolute atomic E-state index is 0.0263. The Morgan fingerprint density at radius 1 is 1.27 bits per heavy atom. The second-order valence-electron chi connectivity index (χ2n) is 7.51. The number of carbonyl (C=O) groups is 1. The molecule has 26 heavy (non-hydrogen) atoms. The summed E-state index contributed by atoms with van der Waals surface area (Å²) in [7, 11) is 0. The van der Waals surface area contributed by atoms with E-state index in [1.807, 2.05) is 23.3 Å². The molecule has 0 aromatic carbocycles. The molecule has 2 aromatic rings. The molecule has 2 aromatic heterocycles.